The number of hydrogen-bond donors (Lipinski definition) is 2. The third-order valence-electron chi connectivity index (χ3n) is 4.69. The molecular formula is C21H25ClO4. The molecule has 0 aliphatic carbocycles. The molecule has 0 aliphatic rings. The second kappa shape index (κ2) is 8.11. The van der Waals surface area contributed by atoms with Crippen molar-refractivity contribution in [2.24, 2.45) is 0 Å². The summed E-state index contributed by atoms with van der Waals surface area (Å²) in [7, 11) is 1.56. The lowest BCUT2D eigenvalue weighted by atomic mass is 9.73. The quantitative estimate of drug-likeness (QED) is 0.713. The SMILES string of the molecule is COc1ccc(Cl)cc1C(C)(C)CC(O)(CCc1ccccc1)C(=O)O. The molecule has 2 rings (SSSR count). The van der Waals surface area contributed by atoms with E-state index in [4.69, 9.17) is 16.3 Å². The molecule has 0 aliphatic heterocycles. The fourth-order valence-corrected chi connectivity index (χ4v) is 3.47. The van der Waals surface area contributed by atoms with E-state index >= 15 is 0 Å². The van der Waals surface area contributed by atoms with Gasteiger partial charge in [0.1, 0.15) is 5.75 Å². The van der Waals surface area contributed by atoms with Crippen LogP contribution in [0, 0.1) is 0 Å². The minimum Gasteiger partial charge on any atom is -0.496 e. The molecule has 4 nitrogen and oxygen atoms in total. The van der Waals surface area contributed by atoms with Crippen LogP contribution in [0.25, 0.3) is 0 Å². The van der Waals surface area contributed by atoms with Gasteiger partial charge in [0.15, 0.2) is 5.60 Å². The Hall–Kier alpha value is -2.04. The van der Waals surface area contributed by atoms with Gasteiger partial charge in [-0.3, -0.25) is 0 Å². The number of methoxy groups -OCH3 is 1. The molecular weight excluding hydrogens is 352 g/mol. The van der Waals surface area contributed by atoms with Gasteiger partial charge in [-0.05, 0) is 48.4 Å². The largest absolute Gasteiger partial charge is 0.496 e. The van der Waals surface area contributed by atoms with Gasteiger partial charge in [-0.1, -0.05) is 55.8 Å². The number of halogens is 1. The van der Waals surface area contributed by atoms with Crippen LogP contribution in [0.15, 0.2) is 48.5 Å². The Morgan fingerprint density at radius 1 is 1.15 bits per heavy atom. The van der Waals surface area contributed by atoms with E-state index < -0.39 is 17.0 Å². The molecule has 0 aromatic heterocycles. The molecule has 0 spiro atoms. The van der Waals surface area contributed by atoms with Crippen molar-refractivity contribution in [1.29, 1.82) is 0 Å². The summed E-state index contributed by atoms with van der Waals surface area (Å²) in [6, 6.07) is 14.8. The molecule has 2 aromatic carbocycles. The molecule has 1 atom stereocenters. The van der Waals surface area contributed by atoms with Crippen LogP contribution < -0.4 is 4.74 Å². The topological polar surface area (TPSA) is 66.8 Å². The summed E-state index contributed by atoms with van der Waals surface area (Å²) in [5.74, 6) is -0.599. The maximum atomic E-state index is 11.9. The summed E-state index contributed by atoms with van der Waals surface area (Å²) in [5.41, 5.74) is -0.746. The molecule has 0 saturated carbocycles. The molecule has 2 N–H and O–H groups in total. The summed E-state index contributed by atoms with van der Waals surface area (Å²) in [4.78, 5) is 11.9. The average molecular weight is 377 g/mol. The van der Waals surface area contributed by atoms with Gasteiger partial charge in [-0.2, -0.15) is 0 Å². The van der Waals surface area contributed by atoms with Gasteiger partial charge in [0.25, 0.3) is 0 Å². The summed E-state index contributed by atoms with van der Waals surface area (Å²) >= 11 is 6.12. The van der Waals surface area contributed by atoms with E-state index in [1.807, 2.05) is 44.2 Å². The fourth-order valence-electron chi connectivity index (χ4n) is 3.30. The Labute approximate surface area is 159 Å². The van der Waals surface area contributed by atoms with Crippen molar-refractivity contribution in [3.63, 3.8) is 0 Å². The van der Waals surface area contributed by atoms with Gasteiger partial charge in [0.05, 0.1) is 7.11 Å². The normalized spacial score (nSPS) is 13.9. The van der Waals surface area contributed by atoms with E-state index in [1.165, 1.54) is 0 Å². The van der Waals surface area contributed by atoms with Crippen molar-refractivity contribution >= 4 is 17.6 Å². The zero-order valence-electron chi connectivity index (χ0n) is 15.3. The average Bonchev–Trinajstić information content (AvgIpc) is 2.60. The Kier molecular flexibility index (Phi) is 6.32. The van der Waals surface area contributed by atoms with Crippen molar-refractivity contribution in [1.82, 2.24) is 0 Å². The van der Waals surface area contributed by atoms with Crippen LogP contribution in [0.4, 0.5) is 0 Å². The number of carbonyl (C=O) groups is 1. The molecule has 0 saturated heterocycles. The van der Waals surface area contributed by atoms with Crippen molar-refractivity contribution in [3.05, 3.63) is 64.7 Å². The highest BCUT2D eigenvalue weighted by Gasteiger charge is 2.42. The number of benzene rings is 2. The van der Waals surface area contributed by atoms with Gasteiger partial charge in [0, 0.05) is 10.6 Å². The Morgan fingerprint density at radius 3 is 2.38 bits per heavy atom. The summed E-state index contributed by atoms with van der Waals surface area (Å²) in [6.45, 7) is 3.77. The standard InChI is InChI=1S/C21H25ClO4/c1-20(2,17-13-16(22)9-10-18(17)26-3)14-21(25,19(23)24)12-11-15-7-5-4-6-8-15/h4-10,13,25H,11-12,14H2,1-3H3,(H,23,24). The molecule has 0 fully saturated rings. The molecule has 2 aromatic rings. The van der Waals surface area contributed by atoms with Crippen LogP contribution in [0.5, 0.6) is 5.75 Å². The van der Waals surface area contributed by atoms with Gasteiger partial charge in [0.2, 0.25) is 0 Å². The number of carboxylic acid groups (broad SMARTS) is 1. The highest BCUT2D eigenvalue weighted by Crippen LogP contribution is 2.40. The molecule has 26 heavy (non-hydrogen) atoms. The number of aliphatic hydroxyl groups is 1. The summed E-state index contributed by atoms with van der Waals surface area (Å²) in [5, 5.41) is 21.1. The van der Waals surface area contributed by atoms with E-state index in [-0.39, 0.29) is 12.8 Å². The predicted octanol–water partition coefficient (Wildman–Crippen LogP) is 4.46. The molecule has 5 heteroatoms. The molecule has 0 bridgehead atoms. The second-order valence-corrected chi connectivity index (χ2v) is 7.66. The first-order valence-corrected chi connectivity index (χ1v) is 8.89. The Bertz CT molecular complexity index is 758. The number of ether oxygens (including phenoxy) is 1. The van der Waals surface area contributed by atoms with Crippen molar-refractivity contribution in [2.75, 3.05) is 7.11 Å². The van der Waals surface area contributed by atoms with Crippen LogP contribution >= 0.6 is 11.6 Å². The van der Waals surface area contributed by atoms with E-state index in [9.17, 15) is 15.0 Å². The number of hydrogen-bond acceptors (Lipinski definition) is 3. The van der Waals surface area contributed by atoms with Gasteiger partial charge in [-0.25, -0.2) is 4.79 Å². The zero-order chi connectivity index (χ0) is 19.4. The molecule has 140 valence electrons. The highest BCUT2D eigenvalue weighted by molar-refractivity contribution is 6.30. The molecule has 0 radical (unpaired) electrons. The number of rotatable bonds is 8. The van der Waals surface area contributed by atoms with Crippen LogP contribution in [0.3, 0.4) is 0 Å². The maximum Gasteiger partial charge on any atom is 0.335 e. The van der Waals surface area contributed by atoms with E-state index in [0.717, 1.165) is 11.1 Å². The summed E-state index contributed by atoms with van der Waals surface area (Å²) < 4.78 is 5.40. The number of aliphatic carboxylic acids is 1. The van der Waals surface area contributed by atoms with E-state index in [0.29, 0.717) is 17.2 Å². The minimum atomic E-state index is -1.85. The van der Waals surface area contributed by atoms with E-state index in [2.05, 4.69) is 0 Å². The Balaban J connectivity index is 2.27. The first kappa shape index (κ1) is 20.3. The van der Waals surface area contributed by atoms with Crippen molar-refractivity contribution < 1.29 is 19.7 Å². The number of aryl methyl sites for hydroxylation is 1. The lowest BCUT2D eigenvalue weighted by molar-refractivity contribution is -0.161. The second-order valence-electron chi connectivity index (χ2n) is 7.23. The van der Waals surface area contributed by atoms with Gasteiger partial charge >= 0.3 is 5.97 Å². The first-order chi connectivity index (χ1) is 12.2. The van der Waals surface area contributed by atoms with Gasteiger partial charge in [-0.15, -0.1) is 0 Å². The van der Waals surface area contributed by atoms with Crippen molar-refractivity contribution in [3.8, 4) is 5.75 Å². The fraction of sp³-hybridized carbons (Fsp3) is 0.381. The number of carboxylic acids is 1. The van der Waals surface area contributed by atoms with Crippen LogP contribution in [0.1, 0.15) is 37.8 Å². The third kappa shape index (κ3) is 4.77. The van der Waals surface area contributed by atoms with Gasteiger partial charge < -0.3 is 14.9 Å². The lowest BCUT2D eigenvalue weighted by Gasteiger charge is -2.35. The zero-order valence-corrected chi connectivity index (χ0v) is 16.1. The van der Waals surface area contributed by atoms with E-state index in [1.54, 1.807) is 25.3 Å². The van der Waals surface area contributed by atoms with Crippen LogP contribution in [-0.4, -0.2) is 28.9 Å². The molecule has 0 heterocycles. The smallest absolute Gasteiger partial charge is 0.335 e. The minimum absolute atomic E-state index is 0.0405. The highest BCUT2D eigenvalue weighted by atomic mass is 35.5. The third-order valence-corrected chi connectivity index (χ3v) is 4.93. The lowest BCUT2D eigenvalue weighted by Crippen LogP contribution is -2.44. The van der Waals surface area contributed by atoms with Crippen molar-refractivity contribution in [2.45, 2.75) is 44.1 Å². The molecule has 0 amide bonds. The predicted molar refractivity (Wildman–Crippen MR) is 103 cm³/mol. The van der Waals surface area contributed by atoms with Crippen LogP contribution in [0.2, 0.25) is 5.02 Å². The monoisotopic (exact) mass is 376 g/mol. The Morgan fingerprint density at radius 2 is 1.81 bits per heavy atom. The maximum absolute atomic E-state index is 11.9. The summed E-state index contributed by atoms with van der Waals surface area (Å²) in [6.07, 6.45) is 0.643. The van der Waals surface area contributed by atoms with Crippen LogP contribution in [-0.2, 0) is 16.6 Å². The molecule has 1 unspecified atom stereocenters. The first-order valence-electron chi connectivity index (χ1n) is 8.52.